The van der Waals surface area contributed by atoms with E-state index < -0.39 is 0 Å². The number of likely N-dealkylation sites (tertiary alicyclic amines) is 1. The van der Waals surface area contributed by atoms with E-state index in [1.165, 1.54) is 6.42 Å². The van der Waals surface area contributed by atoms with Crippen molar-refractivity contribution >= 4 is 17.2 Å². The summed E-state index contributed by atoms with van der Waals surface area (Å²) >= 11 is 5.07. The first-order chi connectivity index (χ1) is 7.75. The molecule has 3 nitrogen and oxygen atoms in total. The quantitative estimate of drug-likeness (QED) is 0.808. The Bertz CT molecular complexity index is 353. The smallest absolute Gasteiger partial charge is 0.0771 e. The molecule has 0 bridgehead atoms. The molecular formula is C12H17N3S. The second kappa shape index (κ2) is 5.37. The molecular weight excluding hydrogens is 218 g/mol. The average Bonchev–Trinajstić information content (AvgIpc) is 2.30. The summed E-state index contributed by atoms with van der Waals surface area (Å²) in [6.45, 7) is 3.00. The molecule has 2 rings (SSSR count). The van der Waals surface area contributed by atoms with Gasteiger partial charge in [-0.1, -0.05) is 18.3 Å². The lowest BCUT2D eigenvalue weighted by Gasteiger charge is -2.31. The van der Waals surface area contributed by atoms with Crippen molar-refractivity contribution in [1.29, 1.82) is 0 Å². The number of hydrogen-bond donors (Lipinski definition) is 1. The van der Waals surface area contributed by atoms with E-state index in [0.717, 1.165) is 31.7 Å². The van der Waals surface area contributed by atoms with E-state index in [4.69, 9.17) is 18.0 Å². The standard InChI is InChI=1S/C12H17N3S/c13-12(16)10-4-3-7-15(8-10)9-11-5-1-2-6-14-11/h1-2,5-6,10H,3-4,7-9H2,(H2,13,16). The first-order valence-electron chi connectivity index (χ1n) is 5.67. The molecule has 1 aromatic heterocycles. The fourth-order valence-corrected chi connectivity index (χ4v) is 2.34. The molecule has 2 N–H and O–H groups in total. The first kappa shape index (κ1) is 11.5. The van der Waals surface area contributed by atoms with Crippen LogP contribution >= 0.6 is 12.2 Å². The largest absolute Gasteiger partial charge is 0.393 e. The van der Waals surface area contributed by atoms with E-state index in [2.05, 4.69) is 16.0 Å². The van der Waals surface area contributed by atoms with E-state index in [1.807, 2.05) is 18.3 Å². The molecule has 0 saturated carbocycles. The molecule has 2 heterocycles. The van der Waals surface area contributed by atoms with Gasteiger partial charge in [-0.15, -0.1) is 0 Å². The predicted molar refractivity (Wildman–Crippen MR) is 69.0 cm³/mol. The normalized spacial score (nSPS) is 21.9. The third kappa shape index (κ3) is 3.00. The highest BCUT2D eigenvalue weighted by Gasteiger charge is 2.21. The molecule has 16 heavy (non-hydrogen) atoms. The molecule has 1 saturated heterocycles. The molecule has 1 fully saturated rings. The van der Waals surface area contributed by atoms with Crippen molar-refractivity contribution in [3.8, 4) is 0 Å². The summed E-state index contributed by atoms with van der Waals surface area (Å²) in [5, 5.41) is 0. The predicted octanol–water partition coefficient (Wildman–Crippen LogP) is 1.58. The van der Waals surface area contributed by atoms with Gasteiger partial charge in [-0.3, -0.25) is 9.88 Å². The molecule has 0 spiro atoms. The lowest BCUT2D eigenvalue weighted by Crippen LogP contribution is -2.40. The zero-order chi connectivity index (χ0) is 11.4. The molecule has 1 unspecified atom stereocenters. The van der Waals surface area contributed by atoms with Crippen LogP contribution in [-0.2, 0) is 6.54 Å². The molecule has 1 aliphatic rings. The lowest BCUT2D eigenvalue weighted by molar-refractivity contribution is 0.195. The Labute approximate surface area is 102 Å². The van der Waals surface area contributed by atoms with Crippen LogP contribution in [0.15, 0.2) is 24.4 Å². The second-order valence-electron chi connectivity index (χ2n) is 4.30. The van der Waals surface area contributed by atoms with Gasteiger partial charge in [-0.2, -0.15) is 0 Å². The van der Waals surface area contributed by atoms with E-state index in [1.54, 1.807) is 0 Å². The summed E-state index contributed by atoms with van der Waals surface area (Å²) in [5.41, 5.74) is 6.83. The second-order valence-corrected chi connectivity index (χ2v) is 4.77. The fourth-order valence-electron chi connectivity index (χ4n) is 2.15. The number of thiocarbonyl (C=S) groups is 1. The lowest BCUT2D eigenvalue weighted by atomic mass is 9.98. The molecule has 1 aliphatic heterocycles. The SMILES string of the molecule is NC(=S)C1CCCN(Cc2ccccn2)C1. The van der Waals surface area contributed by atoms with Gasteiger partial charge in [0.2, 0.25) is 0 Å². The average molecular weight is 235 g/mol. The van der Waals surface area contributed by atoms with Gasteiger partial charge in [-0.25, -0.2) is 0 Å². The highest BCUT2D eigenvalue weighted by atomic mass is 32.1. The fraction of sp³-hybridized carbons (Fsp3) is 0.500. The van der Waals surface area contributed by atoms with Crippen LogP contribution in [-0.4, -0.2) is 28.0 Å². The van der Waals surface area contributed by atoms with Crippen LogP contribution in [0.2, 0.25) is 0 Å². The van der Waals surface area contributed by atoms with Crippen molar-refractivity contribution in [3.63, 3.8) is 0 Å². The molecule has 4 heteroatoms. The van der Waals surface area contributed by atoms with Crippen LogP contribution in [0.4, 0.5) is 0 Å². The number of hydrogen-bond acceptors (Lipinski definition) is 3. The molecule has 0 aromatic carbocycles. The number of rotatable bonds is 3. The minimum atomic E-state index is 0.382. The van der Waals surface area contributed by atoms with Crippen LogP contribution in [0.1, 0.15) is 18.5 Å². The molecule has 0 amide bonds. The minimum Gasteiger partial charge on any atom is -0.393 e. The Morgan fingerprint density at radius 1 is 1.56 bits per heavy atom. The molecule has 1 aromatic rings. The van der Waals surface area contributed by atoms with Crippen LogP contribution in [0.3, 0.4) is 0 Å². The van der Waals surface area contributed by atoms with E-state index in [9.17, 15) is 0 Å². The number of nitrogens with two attached hydrogens (primary N) is 1. The van der Waals surface area contributed by atoms with Gasteiger partial charge in [0.15, 0.2) is 0 Å². The highest BCUT2D eigenvalue weighted by molar-refractivity contribution is 7.80. The van der Waals surface area contributed by atoms with Crippen molar-refractivity contribution in [2.24, 2.45) is 11.7 Å². The summed E-state index contributed by atoms with van der Waals surface area (Å²) in [6, 6.07) is 6.03. The Hall–Kier alpha value is -1.00. The Morgan fingerprint density at radius 3 is 3.12 bits per heavy atom. The van der Waals surface area contributed by atoms with Crippen LogP contribution in [0.5, 0.6) is 0 Å². The summed E-state index contributed by atoms with van der Waals surface area (Å²) in [6.07, 6.45) is 4.15. The summed E-state index contributed by atoms with van der Waals surface area (Å²) in [7, 11) is 0. The van der Waals surface area contributed by atoms with Crippen LogP contribution in [0, 0.1) is 5.92 Å². The van der Waals surface area contributed by atoms with Crippen molar-refractivity contribution < 1.29 is 0 Å². The topological polar surface area (TPSA) is 42.1 Å². The molecule has 0 aliphatic carbocycles. The summed E-state index contributed by atoms with van der Waals surface area (Å²) < 4.78 is 0. The van der Waals surface area contributed by atoms with Gasteiger partial charge < -0.3 is 5.73 Å². The summed E-state index contributed by atoms with van der Waals surface area (Å²) in [4.78, 5) is 7.38. The van der Waals surface area contributed by atoms with Crippen LogP contribution < -0.4 is 5.73 Å². The van der Waals surface area contributed by atoms with Crippen LogP contribution in [0.25, 0.3) is 0 Å². The number of aromatic nitrogens is 1. The number of piperidine rings is 1. The maximum atomic E-state index is 5.71. The van der Waals surface area contributed by atoms with Crippen molar-refractivity contribution in [2.75, 3.05) is 13.1 Å². The number of pyridine rings is 1. The zero-order valence-corrected chi connectivity index (χ0v) is 10.1. The third-order valence-corrected chi connectivity index (χ3v) is 3.35. The van der Waals surface area contributed by atoms with Crippen molar-refractivity contribution in [2.45, 2.75) is 19.4 Å². The van der Waals surface area contributed by atoms with Gasteiger partial charge in [-0.05, 0) is 31.5 Å². The first-order valence-corrected chi connectivity index (χ1v) is 6.08. The van der Waals surface area contributed by atoms with E-state index in [-0.39, 0.29) is 0 Å². The van der Waals surface area contributed by atoms with Gasteiger partial charge in [0.1, 0.15) is 0 Å². The number of nitrogens with zero attached hydrogens (tertiary/aromatic N) is 2. The highest BCUT2D eigenvalue weighted by Crippen LogP contribution is 2.18. The maximum Gasteiger partial charge on any atom is 0.0771 e. The Kier molecular flexibility index (Phi) is 3.85. The monoisotopic (exact) mass is 235 g/mol. The Balaban J connectivity index is 1.93. The van der Waals surface area contributed by atoms with E-state index >= 15 is 0 Å². The molecule has 86 valence electrons. The van der Waals surface area contributed by atoms with Gasteiger partial charge in [0.25, 0.3) is 0 Å². The van der Waals surface area contributed by atoms with Crippen molar-refractivity contribution in [3.05, 3.63) is 30.1 Å². The molecule has 1 atom stereocenters. The van der Waals surface area contributed by atoms with Gasteiger partial charge in [0.05, 0.1) is 10.7 Å². The van der Waals surface area contributed by atoms with Gasteiger partial charge in [0, 0.05) is 25.2 Å². The van der Waals surface area contributed by atoms with E-state index in [0.29, 0.717) is 10.9 Å². The molecule has 0 radical (unpaired) electrons. The third-order valence-electron chi connectivity index (χ3n) is 3.02. The maximum absolute atomic E-state index is 5.71. The van der Waals surface area contributed by atoms with Crippen molar-refractivity contribution in [1.82, 2.24) is 9.88 Å². The minimum absolute atomic E-state index is 0.382. The van der Waals surface area contributed by atoms with Gasteiger partial charge >= 0.3 is 0 Å². The zero-order valence-electron chi connectivity index (χ0n) is 9.30. The summed E-state index contributed by atoms with van der Waals surface area (Å²) in [5.74, 6) is 0.382. The Morgan fingerprint density at radius 2 is 2.44 bits per heavy atom.